The summed E-state index contributed by atoms with van der Waals surface area (Å²) < 4.78 is 19.2. The van der Waals surface area contributed by atoms with Crippen LogP contribution in [-0.4, -0.2) is 33.8 Å². The van der Waals surface area contributed by atoms with Crippen LogP contribution in [0.5, 0.6) is 5.75 Å². The summed E-state index contributed by atoms with van der Waals surface area (Å²) in [5.41, 5.74) is 1.30. The maximum atomic E-state index is 14.0. The fourth-order valence-corrected chi connectivity index (χ4v) is 3.68. The number of ether oxygens (including phenoxy) is 1. The lowest BCUT2D eigenvalue weighted by atomic mass is 9.95. The van der Waals surface area contributed by atoms with E-state index in [-0.39, 0.29) is 17.9 Å². The van der Waals surface area contributed by atoms with Crippen molar-refractivity contribution in [1.82, 2.24) is 9.88 Å². The molecule has 0 radical (unpaired) electrons. The zero-order valence-corrected chi connectivity index (χ0v) is 16.7. The first-order chi connectivity index (χ1) is 15.0. The molecular formula is C24H19FN2O4. The number of rotatable bonds is 5. The Hall–Kier alpha value is -4.00. The largest absolute Gasteiger partial charge is 0.507 e. The molecule has 0 aliphatic carbocycles. The van der Waals surface area contributed by atoms with Gasteiger partial charge in [0.1, 0.15) is 17.3 Å². The van der Waals surface area contributed by atoms with Crippen molar-refractivity contribution in [1.29, 1.82) is 0 Å². The third-order valence-electron chi connectivity index (χ3n) is 5.12. The van der Waals surface area contributed by atoms with Gasteiger partial charge in [0.15, 0.2) is 0 Å². The number of Topliss-reactive ketones (excluding diaryl/α,β-unsaturated/α-hetero) is 1. The van der Waals surface area contributed by atoms with Crippen LogP contribution < -0.4 is 4.74 Å². The van der Waals surface area contributed by atoms with Gasteiger partial charge in [0.25, 0.3) is 11.7 Å². The summed E-state index contributed by atoms with van der Waals surface area (Å²) in [6.07, 6.45) is 3.19. The molecule has 4 rings (SSSR count). The van der Waals surface area contributed by atoms with Gasteiger partial charge in [-0.05, 0) is 41.5 Å². The summed E-state index contributed by atoms with van der Waals surface area (Å²) in [7, 11) is 1.48. The van der Waals surface area contributed by atoms with E-state index in [1.165, 1.54) is 30.2 Å². The van der Waals surface area contributed by atoms with Gasteiger partial charge >= 0.3 is 0 Å². The lowest BCUT2D eigenvalue weighted by Gasteiger charge is -2.25. The normalized spacial score (nSPS) is 17.7. The molecule has 1 atom stereocenters. The smallest absolute Gasteiger partial charge is 0.295 e. The fraction of sp³-hybridized carbons (Fsp3) is 0.125. The number of aliphatic hydroxyl groups excluding tert-OH is 1. The average Bonchev–Trinajstić information content (AvgIpc) is 3.04. The van der Waals surface area contributed by atoms with Crippen LogP contribution in [0.1, 0.15) is 22.7 Å². The van der Waals surface area contributed by atoms with Gasteiger partial charge < -0.3 is 14.7 Å². The van der Waals surface area contributed by atoms with Crippen LogP contribution >= 0.6 is 0 Å². The highest BCUT2D eigenvalue weighted by Gasteiger charge is 2.46. The molecule has 3 aromatic rings. The van der Waals surface area contributed by atoms with Crippen LogP contribution in [0.2, 0.25) is 0 Å². The number of halogens is 1. The first-order valence-electron chi connectivity index (χ1n) is 9.57. The Bertz CT molecular complexity index is 1180. The lowest BCUT2D eigenvalue weighted by molar-refractivity contribution is -0.140. The monoisotopic (exact) mass is 418 g/mol. The van der Waals surface area contributed by atoms with Gasteiger partial charge in [-0.15, -0.1) is 0 Å². The highest BCUT2D eigenvalue weighted by atomic mass is 19.1. The van der Waals surface area contributed by atoms with Gasteiger partial charge in [0.2, 0.25) is 0 Å². The van der Waals surface area contributed by atoms with Crippen molar-refractivity contribution in [2.75, 3.05) is 7.11 Å². The van der Waals surface area contributed by atoms with Crippen molar-refractivity contribution in [3.8, 4) is 5.75 Å². The minimum absolute atomic E-state index is 0.0779. The number of aliphatic hydroxyl groups is 1. The molecule has 31 heavy (non-hydrogen) atoms. The Morgan fingerprint density at radius 3 is 2.65 bits per heavy atom. The average molecular weight is 418 g/mol. The topological polar surface area (TPSA) is 79.7 Å². The van der Waals surface area contributed by atoms with E-state index in [2.05, 4.69) is 4.98 Å². The number of aromatic nitrogens is 1. The third kappa shape index (κ3) is 3.90. The Morgan fingerprint density at radius 1 is 1.13 bits per heavy atom. The molecule has 0 spiro atoms. The number of benzene rings is 2. The highest BCUT2D eigenvalue weighted by molar-refractivity contribution is 6.46. The van der Waals surface area contributed by atoms with Crippen molar-refractivity contribution >= 4 is 17.4 Å². The number of carbonyl (C=O) groups excluding carboxylic acids is 2. The van der Waals surface area contributed by atoms with Crippen LogP contribution in [0.3, 0.4) is 0 Å². The van der Waals surface area contributed by atoms with Crippen molar-refractivity contribution in [2.45, 2.75) is 12.6 Å². The second-order valence-electron chi connectivity index (χ2n) is 7.08. The number of ketones is 1. The van der Waals surface area contributed by atoms with Crippen molar-refractivity contribution in [3.63, 3.8) is 0 Å². The molecule has 0 bridgehead atoms. The van der Waals surface area contributed by atoms with E-state index in [1.54, 1.807) is 54.9 Å². The maximum Gasteiger partial charge on any atom is 0.295 e. The first-order valence-corrected chi connectivity index (χ1v) is 9.57. The number of pyridine rings is 1. The molecule has 2 heterocycles. The molecule has 1 aromatic heterocycles. The fourth-order valence-electron chi connectivity index (χ4n) is 3.68. The van der Waals surface area contributed by atoms with E-state index < -0.39 is 23.5 Å². The van der Waals surface area contributed by atoms with Gasteiger partial charge in [-0.3, -0.25) is 14.6 Å². The Balaban J connectivity index is 1.87. The zero-order chi connectivity index (χ0) is 22.0. The van der Waals surface area contributed by atoms with E-state index in [4.69, 9.17) is 4.74 Å². The van der Waals surface area contributed by atoms with Crippen LogP contribution in [-0.2, 0) is 16.1 Å². The van der Waals surface area contributed by atoms with Crippen molar-refractivity contribution < 1.29 is 23.8 Å². The SMILES string of the molecule is COc1cccc(/C(O)=C2/C(=O)C(=O)N(Cc3cccnc3)C2c2cccc(F)c2)c1. The molecule has 156 valence electrons. The summed E-state index contributed by atoms with van der Waals surface area (Å²) >= 11 is 0. The van der Waals surface area contributed by atoms with Gasteiger partial charge in [-0.2, -0.15) is 0 Å². The molecule has 0 saturated carbocycles. The molecule has 1 fully saturated rings. The summed E-state index contributed by atoms with van der Waals surface area (Å²) in [4.78, 5) is 31.3. The molecule has 1 N–H and O–H groups in total. The van der Waals surface area contributed by atoms with E-state index >= 15 is 0 Å². The second kappa shape index (κ2) is 8.39. The molecule has 1 amide bonds. The molecule has 1 saturated heterocycles. The van der Waals surface area contributed by atoms with Crippen LogP contribution in [0.15, 0.2) is 78.6 Å². The standard InChI is InChI=1S/C24H19FN2O4/c1-31-19-9-3-7-17(12-19)22(28)20-21(16-6-2-8-18(25)11-16)27(24(30)23(20)29)14-15-5-4-10-26-13-15/h2-13,21,28H,14H2,1H3/b22-20-. The number of nitrogens with zero attached hydrogens (tertiary/aromatic N) is 2. The predicted octanol–water partition coefficient (Wildman–Crippen LogP) is 3.85. The highest BCUT2D eigenvalue weighted by Crippen LogP contribution is 2.40. The minimum atomic E-state index is -0.956. The zero-order valence-electron chi connectivity index (χ0n) is 16.7. The molecular weight excluding hydrogens is 399 g/mol. The lowest BCUT2D eigenvalue weighted by Crippen LogP contribution is -2.29. The van der Waals surface area contributed by atoms with Gasteiger partial charge in [0, 0.05) is 24.5 Å². The van der Waals surface area contributed by atoms with Gasteiger partial charge in [-0.1, -0.05) is 30.3 Å². The molecule has 1 aliphatic rings. The van der Waals surface area contributed by atoms with Gasteiger partial charge in [0.05, 0.1) is 18.7 Å². The third-order valence-corrected chi connectivity index (χ3v) is 5.12. The summed E-state index contributed by atoms with van der Waals surface area (Å²) in [5.74, 6) is -1.98. The van der Waals surface area contributed by atoms with Crippen LogP contribution in [0.4, 0.5) is 4.39 Å². The number of methoxy groups -OCH3 is 1. The van der Waals surface area contributed by atoms with Crippen LogP contribution in [0, 0.1) is 5.82 Å². The Kier molecular flexibility index (Phi) is 5.49. The summed E-state index contributed by atoms with van der Waals surface area (Å²) in [6, 6.07) is 14.7. The molecule has 1 unspecified atom stereocenters. The van der Waals surface area contributed by atoms with Gasteiger partial charge in [-0.25, -0.2) is 4.39 Å². The van der Waals surface area contributed by atoms with Crippen molar-refractivity contribution in [2.24, 2.45) is 0 Å². The molecule has 6 nitrogen and oxygen atoms in total. The molecule has 1 aliphatic heterocycles. The quantitative estimate of drug-likeness (QED) is 0.387. The first kappa shape index (κ1) is 20.3. The second-order valence-corrected chi connectivity index (χ2v) is 7.08. The van der Waals surface area contributed by atoms with E-state index in [0.717, 1.165) is 0 Å². The van der Waals surface area contributed by atoms with E-state index in [9.17, 15) is 19.1 Å². The van der Waals surface area contributed by atoms with E-state index in [1.807, 2.05) is 0 Å². The number of hydrogen-bond acceptors (Lipinski definition) is 5. The van der Waals surface area contributed by atoms with E-state index in [0.29, 0.717) is 22.4 Å². The Morgan fingerprint density at radius 2 is 1.94 bits per heavy atom. The minimum Gasteiger partial charge on any atom is -0.507 e. The molecule has 2 aromatic carbocycles. The summed E-state index contributed by atoms with van der Waals surface area (Å²) in [5, 5.41) is 11.0. The maximum absolute atomic E-state index is 14.0. The van der Waals surface area contributed by atoms with Crippen molar-refractivity contribution in [3.05, 3.63) is 101 Å². The summed E-state index contributed by atoms with van der Waals surface area (Å²) in [6.45, 7) is 0.0779. The number of likely N-dealkylation sites (tertiary alicyclic amines) is 1. The number of hydrogen-bond donors (Lipinski definition) is 1. The van der Waals surface area contributed by atoms with Crippen LogP contribution in [0.25, 0.3) is 5.76 Å². The predicted molar refractivity (Wildman–Crippen MR) is 111 cm³/mol. The number of amides is 1. The number of carbonyl (C=O) groups is 2. The Labute approximate surface area is 178 Å². The molecule has 7 heteroatoms.